The predicted octanol–water partition coefficient (Wildman–Crippen LogP) is 0.883. The van der Waals surface area contributed by atoms with Crippen molar-refractivity contribution in [3.8, 4) is 5.88 Å². The molecule has 0 saturated carbocycles. The SMILES string of the molecule is CON(C)C(=O)c1ccnc(OC2CCOC2)c1. The molecule has 2 rings (SSSR count). The highest BCUT2D eigenvalue weighted by molar-refractivity contribution is 5.93. The molecule has 0 bridgehead atoms. The number of hydroxylamine groups is 2. The molecule has 0 aromatic carbocycles. The van der Waals surface area contributed by atoms with Crippen molar-refractivity contribution in [1.29, 1.82) is 0 Å². The Bertz CT molecular complexity index is 418. The molecule has 1 fully saturated rings. The van der Waals surface area contributed by atoms with Gasteiger partial charge in [0.1, 0.15) is 6.10 Å². The lowest BCUT2D eigenvalue weighted by Gasteiger charge is -2.15. The van der Waals surface area contributed by atoms with Crippen molar-refractivity contribution >= 4 is 5.91 Å². The largest absolute Gasteiger partial charge is 0.472 e. The van der Waals surface area contributed by atoms with Crippen molar-refractivity contribution < 1.29 is 19.1 Å². The minimum absolute atomic E-state index is 0.0167. The summed E-state index contributed by atoms with van der Waals surface area (Å²) in [6.07, 6.45) is 2.41. The standard InChI is InChI=1S/C12H16N2O4/c1-14(16-2)12(15)9-3-5-13-11(7-9)18-10-4-6-17-8-10/h3,5,7,10H,4,6,8H2,1-2H3. The van der Waals surface area contributed by atoms with Gasteiger partial charge in [-0.2, -0.15) is 0 Å². The Kier molecular flexibility index (Phi) is 4.11. The van der Waals surface area contributed by atoms with Crippen LogP contribution in [0.15, 0.2) is 18.3 Å². The van der Waals surface area contributed by atoms with Gasteiger partial charge in [0, 0.05) is 31.3 Å². The smallest absolute Gasteiger partial charge is 0.277 e. The molecule has 1 aromatic rings. The van der Waals surface area contributed by atoms with Crippen molar-refractivity contribution in [1.82, 2.24) is 10.0 Å². The number of pyridine rings is 1. The van der Waals surface area contributed by atoms with Crippen LogP contribution in [-0.2, 0) is 9.57 Å². The highest BCUT2D eigenvalue weighted by Gasteiger charge is 2.19. The molecule has 1 unspecified atom stereocenters. The van der Waals surface area contributed by atoms with Gasteiger partial charge in [0.15, 0.2) is 0 Å². The molecule has 98 valence electrons. The van der Waals surface area contributed by atoms with Crippen LogP contribution >= 0.6 is 0 Å². The van der Waals surface area contributed by atoms with Crippen molar-refractivity contribution in [3.63, 3.8) is 0 Å². The van der Waals surface area contributed by atoms with Gasteiger partial charge in [0.05, 0.1) is 20.3 Å². The molecule has 1 aromatic heterocycles. The molecule has 2 heterocycles. The number of hydrogen-bond acceptors (Lipinski definition) is 5. The summed E-state index contributed by atoms with van der Waals surface area (Å²) in [6, 6.07) is 3.23. The van der Waals surface area contributed by atoms with Gasteiger partial charge in [-0.05, 0) is 6.07 Å². The normalized spacial score (nSPS) is 18.7. The summed E-state index contributed by atoms with van der Waals surface area (Å²) in [5.74, 6) is 0.188. The second kappa shape index (κ2) is 5.79. The van der Waals surface area contributed by atoms with Crippen molar-refractivity contribution in [3.05, 3.63) is 23.9 Å². The van der Waals surface area contributed by atoms with E-state index >= 15 is 0 Å². The van der Waals surface area contributed by atoms with Gasteiger partial charge >= 0.3 is 0 Å². The summed E-state index contributed by atoms with van der Waals surface area (Å²) >= 11 is 0. The van der Waals surface area contributed by atoms with E-state index in [1.54, 1.807) is 25.4 Å². The van der Waals surface area contributed by atoms with Crippen LogP contribution in [0.2, 0.25) is 0 Å². The number of aromatic nitrogens is 1. The van der Waals surface area contributed by atoms with E-state index in [-0.39, 0.29) is 12.0 Å². The number of ether oxygens (including phenoxy) is 2. The fourth-order valence-corrected chi connectivity index (χ4v) is 1.65. The zero-order chi connectivity index (χ0) is 13.0. The van der Waals surface area contributed by atoms with Gasteiger partial charge in [-0.3, -0.25) is 9.63 Å². The minimum atomic E-state index is -0.243. The van der Waals surface area contributed by atoms with E-state index < -0.39 is 0 Å². The molecule has 1 saturated heterocycles. The lowest BCUT2D eigenvalue weighted by Crippen LogP contribution is -2.25. The quantitative estimate of drug-likeness (QED) is 0.744. The molecule has 0 spiro atoms. The molecule has 6 nitrogen and oxygen atoms in total. The van der Waals surface area contributed by atoms with Crippen LogP contribution in [0.1, 0.15) is 16.8 Å². The van der Waals surface area contributed by atoms with E-state index in [9.17, 15) is 4.79 Å². The maximum absolute atomic E-state index is 11.9. The third-order valence-electron chi connectivity index (χ3n) is 2.72. The van der Waals surface area contributed by atoms with Crippen LogP contribution in [0, 0.1) is 0 Å². The zero-order valence-electron chi connectivity index (χ0n) is 10.5. The molecule has 0 N–H and O–H groups in total. The molecule has 0 radical (unpaired) electrons. The lowest BCUT2D eigenvalue weighted by atomic mass is 10.2. The number of carbonyl (C=O) groups excluding carboxylic acids is 1. The maximum atomic E-state index is 11.9. The second-order valence-corrected chi connectivity index (χ2v) is 3.97. The average molecular weight is 252 g/mol. The molecule has 1 aliphatic rings. The van der Waals surface area contributed by atoms with Crippen LogP contribution in [0.25, 0.3) is 0 Å². The van der Waals surface area contributed by atoms with Gasteiger partial charge < -0.3 is 9.47 Å². The van der Waals surface area contributed by atoms with E-state index in [2.05, 4.69) is 4.98 Å². The average Bonchev–Trinajstić information content (AvgIpc) is 2.90. The Hall–Kier alpha value is -1.66. The second-order valence-electron chi connectivity index (χ2n) is 3.97. The van der Waals surface area contributed by atoms with Crippen LogP contribution in [-0.4, -0.2) is 49.4 Å². The lowest BCUT2D eigenvalue weighted by molar-refractivity contribution is -0.0757. The number of rotatable bonds is 4. The Morgan fingerprint density at radius 3 is 3.11 bits per heavy atom. The fraction of sp³-hybridized carbons (Fsp3) is 0.500. The minimum Gasteiger partial charge on any atom is -0.472 e. The fourth-order valence-electron chi connectivity index (χ4n) is 1.65. The highest BCUT2D eigenvalue weighted by Crippen LogP contribution is 2.16. The number of hydrogen-bond donors (Lipinski definition) is 0. The van der Waals surface area contributed by atoms with Gasteiger partial charge in [0.2, 0.25) is 5.88 Å². The molecule has 1 atom stereocenters. The highest BCUT2D eigenvalue weighted by atomic mass is 16.7. The molecule has 6 heteroatoms. The Labute approximate surface area is 105 Å². The summed E-state index contributed by atoms with van der Waals surface area (Å²) in [5, 5.41) is 1.15. The van der Waals surface area contributed by atoms with Gasteiger partial charge in [-0.15, -0.1) is 0 Å². The first-order chi connectivity index (χ1) is 8.70. The predicted molar refractivity (Wildman–Crippen MR) is 63.2 cm³/mol. The Morgan fingerprint density at radius 2 is 2.44 bits per heavy atom. The summed E-state index contributed by atoms with van der Waals surface area (Å²) in [6.45, 7) is 1.27. The molecule has 18 heavy (non-hydrogen) atoms. The van der Waals surface area contributed by atoms with Crippen LogP contribution < -0.4 is 4.74 Å². The van der Waals surface area contributed by atoms with Crippen LogP contribution in [0.5, 0.6) is 5.88 Å². The van der Waals surface area contributed by atoms with Gasteiger partial charge in [0.25, 0.3) is 5.91 Å². The summed E-state index contributed by atoms with van der Waals surface area (Å²) in [7, 11) is 2.99. The molecular weight excluding hydrogens is 236 g/mol. The molecular formula is C12H16N2O4. The van der Waals surface area contributed by atoms with Crippen molar-refractivity contribution in [2.75, 3.05) is 27.4 Å². The monoisotopic (exact) mass is 252 g/mol. The molecule has 1 amide bonds. The molecule has 1 aliphatic heterocycles. The first kappa shape index (κ1) is 12.8. The zero-order valence-corrected chi connectivity index (χ0v) is 10.5. The van der Waals surface area contributed by atoms with Gasteiger partial charge in [-0.25, -0.2) is 10.0 Å². The number of carbonyl (C=O) groups is 1. The first-order valence-electron chi connectivity index (χ1n) is 5.73. The summed E-state index contributed by atoms with van der Waals surface area (Å²) in [4.78, 5) is 20.8. The van der Waals surface area contributed by atoms with E-state index in [1.165, 1.54) is 7.11 Å². The third-order valence-corrected chi connectivity index (χ3v) is 2.72. The third kappa shape index (κ3) is 2.96. The van der Waals surface area contributed by atoms with Crippen LogP contribution in [0.4, 0.5) is 0 Å². The van der Waals surface area contributed by atoms with Crippen molar-refractivity contribution in [2.45, 2.75) is 12.5 Å². The topological polar surface area (TPSA) is 60.9 Å². The molecule has 0 aliphatic carbocycles. The maximum Gasteiger partial charge on any atom is 0.277 e. The van der Waals surface area contributed by atoms with E-state index in [1.807, 2.05) is 0 Å². The Morgan fingerprint density at radius 1 is 1.61 bits per heavy atom. The van der Waals surface area contributed by atoms with E-state index in [4.69, 9.17) is 14.3 Å². The van der Waals surface area contributed by atoms with Crippen LogP contribution in [0.3, 0.4) is 0 Å². The van der Waals surface area contributed by atoms with E-state index in [0.717, 1.165) is 11.5 Å². The van der Waals surface area contributed by atoms with Gasteiger partial charge in [-0.1, -0.05) is 0 Å². The van der Waals surface area contributed by atoms with E-state index in [0.29, 0.717) is 24.7 Å². The number of amides is 1. The number of nitrogens with zero attached hydrogens (tertiary/aromatic N) is 2. The Balaban J connectivity index is 2.06. The van der Waals surface area contributed by atoms with Crippen molar-refractivity contribution in [2.24, 2.45) is 0 Å². The summed E-state index contributed by atoms with van der Waals surface area (Å²) in [5.41, 5.74) is 0.475. The first-order valence-corrected chi connectivity index (χ1v) is 5.73. The summed E-state index contributed by atoms with van der Waals surface area (Å²) < 4.78 is 10.8.